The molecule has 0 radical (unpaired) electrons. The highest BCUT2D eigenvalue weighted by molar-refractivity contribution is 6.35. The Labute approximate surface area is 206 Å². The summed E-state index contributed by atoms with van der Waals surface area (Å²) in [5.74, 6) is 0.183. The monoisotopic (exact) mass is 490 g/mol. The fourth-order valence-electron chi connectivity index (χ4n) is 4.23. The van der Waals surface area contributed by atoms with Crippen molar-refractivity contribution in [3.05, 3.63) is 63.1 Å². The van der Waals surface area contributed by atoms with Crippen molar-refractivity contribution in [3.63, 3.8) is 0 Å². The average molecular weight is 491 g/mol. The van der Waals surface area contributed by atoms with Crippen LogP contribution in [-0.4, -0.2) is 35.4 Å². The van der Waals surface area contributed by atoms with E-state index >= 15 is 0 Å². The molecule has 1 aliphatic carbocycles. The fraction of sp³-hybridized carbons (Fsp3) is 0.462. The van der Waals surface area contributed by atoms with Crippen LogP contribution in [0, 0.1) is 13.8 Å². The number of carbonyl (C=O) groups excluding carboxylic acids is 2. The van der Waals surface area contributed by atoms with Gasteiger partial charge in [0.15, 0.2) is 6.61 Å². The summed E-state index contributed by atoms with van der Waals surface area (Å²) in [5.41, 5.74) is 2.84. The van der Waals surface area contributed by atoms with Crippen LogP contribution in [0.25, 0.3) is 0 Å². The predicted molar refractivity (Wildman–Crippen MR) is 133 cm³/mol. The number of amides is 2. The van der Waals surface area contributed by atoms with Gasteiger partial charge in [-0.2, -0.15) is 0 Å². The first-order valence-corrected chi connectivity index (χ1v) is 12.2. The van der Waals surface area contributed by atoms with Crippen molar-refractivity contribution in [2.75, 3.05) is 6.61 Å². The van der Waals surface area contributed by atoms with Crippen LogP contribution in [0.5, 0.6) is 5.75 Å². The predicted octanol–water partition coefficient (Wildman–Crippen LogP) is 5.86. The molecule has 1 saturated carbocycles. The summed E-state index contributed by atoms with van der Waals surface area (Å²) in [7, 11) is 0. The van der Waals surface area contributed by atoms with E-state index in [-0.39, 0.29) is 31.0 Å². The molecule has 2 aromatic rings. The number of nitrogens with zero attached hydrogens (tertiary/aromatic N) is 1. The summed E-state index contributed by atoms with van der Waals surface area (Å²) in [6.45, 7) is 5.72. The quantitative estimate of drug-likeness (QED) is 0.504. The second-order valence-corrected chi connectivity index (χ2v) is 9.73. The molecule has 0 saturated heterocycles. The first kappa shape index (κ1) is 25.4. The molecule has 0 spiro atoms. The van der Waals surface area contributed by atoms with Crippen LogP contribution in [0.1, 0.15) is 55.7 Å². The third kappa shape index (κ3) is 7.38. The van der Waals surface area contributed by atoms with E-state index in [1.807, 2.05) is 32.0 Å². The van der Waals surface area contributed by atoms with Gasteiger partial charge in [-0.05, 0) is 74.6 Å². The Morgan fingerprint density at radius 3 is 2.36 bits per heavy atom. The lowest BCUT2D eigenvalue weighted by Gasteiger charge is -2.31. The first-order chi connectivity index (χ1) is 15.7. The number of benzene rings is 2. The van der Waals surface area contributed by atoms with Crippen LogP contribution in [0.2, 0.25) is 10.0 Å². The Morgan fingerprint density at radius 1 is 1.06 bits per heavy atom. The van der Waals surface area contributed by atoms with Gasteiger partial charge < -0.3 is 15.0 Å². The van der Waals surface area contributed by atoms with Gasteiger partial charge in [0, 0.05) is 22.6 Å². The molecule has 33 heavy (non-hydrogen) atoms. The van der Waals surface area contributed by atoms with Gasteiger partial charge in [0.2, 0.25) is 5.91 Å². The lowest BCUT2D eigenvalue weighted by Crippen LogP contribution is -2.51. The van der Waals surface area contributed by atoms with Crippen LogP contribution >= 0.6 is 23.2 Å². The first-order valence-electron chi connectivity index (χ1n) is 11.5. The highest BCUT2D eigenvalue weighted by Crippen LogP contribution is 2.24. The molecule has 1 N–H and O–H groups in total. The van der Waals surface area contributed by atoms with E-state index in [0.29, 0.717) is 15.8 Å². The van der Waals surface area contributed by atoms with Crippen molar-refractivity contribution in [1.29, 1.82) is 0 Å². The minimum absolute atomic E-state index is 0.160. The summed E-state index contributed by atoms with van der Waals surface area (Å²) >= 11 is 12.4. The maximum Gasteiger partial charge on any atom is 0.261 e. The Balaban J connectivity index is 1.75. The van der Waals surface area contributed by atoms with Crippen LogP contribution in [0.4, 0.5) is 0 Å². The van der Waals surface area contributed by atoms with Crippen molar-refractivity contribution < 1.29 is 14.3 Å². The van der Waals surface area contributed by atoms with Gasteiger partial charge in [-0.25, -0.2) is 0 Å². The summed E-state index contributed by atoms with van der Waals surface area (Å²) < 4.78 is 5.80. The molecular weight excluding hydrogens is 459 g/mol. The molecule has 1 atom stereocenters. The molecule has 1 aliphatic rings. The molecule has 1 fully saturated rings. The van der Waals surface area contributed by atoms with Crippen molar-refractivity contribution in [3.8, 4) is 5.75 Å². The van der Waals surface area contributed by atoms with E-state index in [1.54, 1.807) is 25.1 Å². The number of nitrogens with one attached hydrogen (secondary N) is 1. The van der Waals surface area contributed by atoms with Gasteiger partial charge in [-0.3, -0.25) is 9.59 Å². The summed E-state index contributed by atoms with van der Waals surface area (Å²) in [6.07, 6.45) is 5.39. The molecular formula is C26H32Cl2N2O3. The van der Waals surface area contributed by atoms with E-state index in [4.69, 9.17) is 27.9 Å². The Hall–Kier alpha value is -2.24. The van der Waals surface area contributed by atoms with Crippen molar-refractivity contribution in [2.45, 2.75) is 71.5 Å². The number of hydrogen-bond acceptors (Lipinski definition) is 3. The maximum absolute atomic E-state index is 13.3. The van der Waals surface area contributed by atoms with Crippen molar-refractivity contribution in [1.82, 2.24) is 10.2 Å². The van der Waals surface area contributed by atoms with Gasteiger partial charge in [-0.15, -0.1) is 0 Å². The van der Waals surface area contributed by atoms with E-state index in [9.17, 15) is 9.59 Å². The number of carbonyl (C=O) groups is 2. The number of aryl methyl sites for hydroxylation is 2. The standard InChI is InChI=1S/C26H32Cl2N2O3/c1-17-11-18(2)13-23(12-17)33-16-25(31)30(15-20-9-10-21(27)14-24(20)28)19(3)26(32)29-22-7-5-4-6-8-22/h9-14,19,22H,4-8,15-16H2,1-3H3,(H,29,32)/t19-/m0/s1. The van der Waals surface area contributed by atoms with E-state index in [1.165, 1.54) is 11.3 Å². The second-order valence-electron chi connectivity index (χ2n) is 8.89. The third-order valence-electron chi connectivity index (χ3n) is 6.03. The largest absolute Gasteiger partial charge is 0.484 e. The number of ether oxygens (including phenoxy) is 1. The smallest absolute Gasteiger partial charge is 0.261 e. The number of hydrogen-bond donors (Lipinski definition) is 1. The van der Waals surface area contributed by atoms with Crippen molar-refractivity contribution in [2.24, 2.45) is 0 Å². The van der Waals surface area contributed by atoms with Gasteiger partial charge in [0.05, 0.1) is 0 Å². The van der Waals surface area contributed by atoms with Crippen molar-refractivity contribution >= 4 is 35.0 Å². The lowest BCUT2D eigenvalue weighted by atomic mass is 9.95. The molecule has 5 nitrogen and oxygen atoms in total. The zero-order valence-electron chi connectivity index (χ0n) is 19.5. The molecule has 178 valence electrons. The third-order valence-corrected chi connectivity index (χ3v) is 6.62. The number of rotatable bonds is 8. The Morgan fingerprint density at radius 2 is 1.73 bits per heavy atom. The van der Waals surface area contributed by atoms with E-state index in [2.05, 4.69) is 5.32 Å². The average Bonchev–Trinajstić information content (AvgIpc) is 2.76. The summed E-state index contributed by atoms with van der Waals surface area (Å²) in [4.78, 5) is 27.8. The zero-order chi connectivity index (χ0) is 24.0. The van der Waals surface area contributed by atoms with Gasteiger partial charge in [-0.1, -0.05) is 54.6 Å². The lowest BCUT2D eigenvalue weighted by molar-refractivity contribution is -0.142. The zero-order valence-corrected chi connectivity index (χ0v) is 21.0. The maximum atomic E-state index is 13.3. The van der Waals surface area contributed by atoms with Gasteiger partial charge >= 0.3 is 0 Å². The number of halogens is 2. The minimum Gasteiger partial charge on any atom is -0.484 e. The second kappa shape index (κ2) is 11.8. The molecule has 7 heteroatoms. The molecule has 2 amide bonds. The molecule has 0 aromatic heterocycles. The fourth-order valence-corrected chi connectivity index (χ4v) is 4.70. The molecule has 3 rings (SSSR count). The Bertz CT molecular complexity index is 969. The molecule has 0 heterocycles. The highest BCUT2D eigenvalue weighted by Gasteiger charge is 2.29. The van der Waals surface area contributed by atoms with Crippen LogP contribution < -0.4 is 10.1 Å². The SMILES string of the molecule is Cc1cc(C)cc(OCC(=O)N(Cc2ccc(Cl)cc2Cl)[C@@H](C)C(=O)NC2CCCCC2)c1. The molecule has 0 bridgehead atoms. The van der Waals surface area contributed by atoms with E-state index < -0.39 is 6.04 Å². The highest BCUT2D eigenvalue weighted by atomic mass is 35.5. The molecule has 0 unspecified atom stereocenters. The molecule has 2 aromatic carbocycles. The van der Waals surface area contributed by atoms with E-state index in [0.717, 1.165) is 42.4 Å². The Kier molecular flexibility index (Phi) is 9.04. The minimum atomic E-state index is -0.672. The topological polar surface area (TPSA) is 58.6 Å². The van der Waals surface area contributed by atoms with Crippen LogP contribution in [0.15, 0.2) is 36.4 Å². The molecule has 0 aliphatic heterocycles. The van der Waals surface area contributed by atoms with Crippen LogP contribution in [-0.2, 0) is 16.1 Å². The van der Waals surface area contributed by atoms with Crippen LogP contribution in [0.3, 0.4) is 0 Å². The summed E-state index contributed by atoms with van der Waals surface area (Å²) in [6, 6.07) is 10.5. The normalized spacial score (nSPS) is 15.1. The van der Waals surface area contributed by atoms with Gasteiger partial charge in [0.25, 0.3) is 5.91 Å². The van der Waals surface area contributed by atoms with Gasteiger partial charge in [0.1, 0.15) is 11.8 Å². The summed E-state index contributed by atoms with van der Waals surface area (Å²) in [5, 5.41) is 4.10.